The van der Waals surface area contributed by atoms with Crippen LogP contribution in [0, 0.1) is 5.92 Å². The smallest absolute Gasteiger partial charge is 0.224 e. The van der Waals surface area contributed by atoms with Crippen LogP contribution in [0.5, 0.6) is 0 Å². The number of pyridine rings is 3. The molecule has 0 atom stereocenters. The maximum absolute atomic E-state index is 12.2. The summed E-state index contributed by atoms with van der Waals surface area (Å²) in [6.45, 7) is 5.56. The van der Waals surface area contributed by atoms with Crippen molar-refractivity contribution in [1.29, 1.82) is 0 Å². The second kappa shape index (κ2) is 9.84. The molecular weight excluding hydrogens is 512 g/mol. The predicted molar refractivity (Wildman–Crippen MR) is 151 cm³/mol. The summed E-state index contributed by atoms with van der Waals surface area (Å²) in [7, 11) is 0. The van der Waals surface area contributed by atoms with E-state index in [0.29, 0.717) is 39.7 Å². The molecule has 11 heteroatoms. The van der Waals surface area contributed by atoms with Crippen molar-refractivity contribution in [3.05, 3.63) is 60.0 Å². The van der Waals surface area contributed by atoms with Gasteiger partial charge in [0.2, 0.25) is 5.91 Å². The van der Waals surface area contributed by atoms with E-state index in [1.54, 1.807) is 31.7 Å². The number of H-pyrrole nitrogens is 2. The lowest BCUT2D eigenvalue weighted by molar-refractivity contribution is -0.116. The Bertz CT molecular complexity index is 1870. The normalized spacial score (nSPS) is 11.5. The number of anilines is 1. The van der Waals surface area contributed by atoms with E-state index >= 15 is 0 Å². The van der Waals surface area contributed by atoms with Crippen LogP contribution in [-0.4, -0.2) is 46.8 Å². The maximum atomic E-state index is 12.2. The third kappa shape index (κ3) is 4.79. The largest absolute Gasteiger partial charge is 0.335 e. The topological polar surface area (TPSA) is 142 Å². The summed E-state index contributed by atoms with van der Waals surface area (Å²) in [5.74, 6) is 0.783. The molecular formula is C28H24N8O2S. The Morgan fingerprint density at radius 2 is 1.82 bits per heavy atom. The lowest BCUT2D eigenvalue weighted by atomic mass is 10.1. The number of thiophene rings is 1. The average molecular weight is 537 g/mol. The SMILES string of the molecule is CC(=O)c1ccc(-c2cncc3[nH]c(-c4n[nH]c5ccc(-c6cncc(NC(=O)CC(C)C)c6)nc45)nc23)s1. The highest BCUT2D eigenvalue weighted by Gasteiger charge is 2.18. The van der Waals surface area contributed by atoms with Crippen LogP contribution >= 0.6 is 11.3 Å². The number of carbonyl (C=O) groups excluding carboxylic acids is 2. The van der Waals surface area contributed by atoms with E-state index in [1.807, 2.05) is 44.2 Å². The Labute approximate surface area is 227 Å². The summed E-state index contributed by atoms with van der Waals surface area (Å²) in [4.78, 5) is 47.3. The van der Waals surface area contributed by atoms with Gasteiger partial charge in [-0.05, 0) is 43.2 Å². The number of aromatic nitrogens is 7. The maximum Gasteiger partial charge on any atom is 0.224 e. The van der Waals surface area contributed by atoms with Crippen LogP contribution in [0.2, 0.25) is 0 Å². The molecule has 0 aliphatic carbocycles. The van der Waals surface area contributed by atoms with Crippen molar-refractivity contribution in [3.63, 3.8) is 0 Å². The number of rotatable bonds is 7. The highest BCUT2D eigenvalue weighted by molar-refractivity contribution is 7.17. The van der Waals surface area contributed by atoms with E-state index in [4.69, 9.17) is 9.97 Å². The first kappa shape index (κ1) is 24.6. The third-order valence-corrected chi connectivity index (χ3v) is 7.38. The fourth-order valence-electron chi connectivity index (χ4n) is 4.35. The molecule has 1 amide bonds. The number of aromatic amines is 2. The Kier molecular flexibility index (Phi) is 6.20. The monoisotopic (exact) mass is 536 g/mol. The molecule has 10 nitrogen and oxygen atoms in total. The van der Waals surface area contributed by atoms with Gasteiger partial charge in [0.05, 0.1) is 39.7 Å². The molecule has 6 heterocycles. The van der Waals surface area contributed by atoms with Gasteiger partial charge in [0.1, 0.15) is 11.0 Å². The molecule has 0 spiro atoms. The molecule has 39 heavy (non-hydrogen) atoms. The molecule has 0 bridgehead atoms. The minimum atomic E-state index is -0.0525. The summed E-state index contributed by atoms with van der Waals surface area (Å²) in [5, 5.41) is 10.4. The number of ketones is 1. The number of imidazole rings is 1. The molecule has 0 saturated carbocycles. The quantitative estimate of drug-likeness (QED) is 0.216. The van der Waals surface area contributed by atoms with Crippen molar-refractivity contribution in [2.24, 2.45) is 5.92 Å². The second-order valence-electron chi connectivity index (χ2n) is 9.66. The number of hydrogen-bond acceptors (Lipinski definition) is 8. The molecule has 6 aromatic rings. The van der Waals surface area contributed by atoms with Gasteiger partial charge in [0.15, 0.2) is 17.3 Å². The van der Waals surface area contributed by atoms with Crippen LogP contribution in [0.4, 0.5) is 5.69 Å². The zero-order valence-corrected chi connectivity index (χ0v) is 22.3. The van der Waals surface area contributed by atoms with Crippen LogP contribution in [0.25, 0.3) is 55.3 Å². The van der Waals surface area contributed by atoms with Crippen molar-refractivity contribution in [3.8, 4) is 33.2 Å². The minimum Gasteiger partial charge on any atom is -0.335 e. The molecule has 6 rings (SSSR count). The van der Waals surface area contributed by atoms with Crippen molar-refractivity contribution in [1.82, 2.24) is 35.1 Å². The van der Waals surface area contributed by atoms with Crippen LogP contribution in [0.1, 0.15) is 36.9 Å². The van der Waals surface area contributed by atoms with Gasteiger partial charge < -0.3 is 10.3 Å². The Morgan fingerprint density at radius 1 is 0.974 bits per heavy atom. The molecule has 0 radical (unpaired) electrons. The van der Waals surface area contributed by atoms with Crippen molar-refractivity contribution >= 4 is 50.8 Å². The van der Waals surface area contributed by atoms with Crippen molar-refractivity contribution in [2.45, 2.75) is 27.2 Å². The second-order valence-corrected chi connectivity index (χ2v) is 10.7. The molecule has 0 aliphatic rings. The number of Topliss-reactive ketones (excluding diaryl/α,β-unsaturated/α-hetero) is 1. The number of nitrogens with one attached hydrogen (secondary N) is 3. The summed E-state index contributed by atoms with van der Waals surface area (Å²) < 4.78 is 0. The number of hydrogen-bond donors (Lipinski definition) is 3. The van der Waals surface area contributed by atoms with E-state index in [-0.39, 0.29) is 17.6 Å². The molecule has 0 saturated heterocycles. The fourth-order valence-corrected chi connectivity index (χ4v) is 5.27. The third-order valence-electron chi connectivity index (χ3n) is 6.16. The van der Waals surface area contributed by atoms with Crippen LogP contribution in [-0.2, 0) is 4.79 Å². The van der Waals surface area contributed by atoms with Gasteiger partial charge in [-0.3, -0.25) is 24.7 Å². The zero-order chi connectivity index (χ0) is 27.1. The first-order chi connectivity index (χ1) is 18.9. The van der Waals surface area contributed by atoms with Gasteiger partial charge >= 0.3 is 0 Å². The van der Waals surface area contributed by atoms with Gasteiger partial charge in [-0.1, -0.05) is 13.8 Å². The lowest BCUT2D eigenvalue weighted by Gasteiger charge is -2.08. The number of fused-ring (bicyclic) bond motifs is 2. The fraction of sp³-hybridized carbons (Fsp3) is 0.179. The Balaban J connectivity index is 1.37. The van der Waals surface area contributed by atoms with Gasteiger partial charge in [-0.15, -0.1) is 11.3 Å². The number of carbonyl (C=O) groups is 2. The van der Waals surface area contributed by atoms with E-state index in [2.05, 4.69) is 30.5 Å². The molecule has 0 aliphatic heterocycles. The Morgan fingerprint density at radius 3 is 2.62 bits per heavy atom. The predicted octanol–water partition coefficient (Wildman–Crippen LogP) is 5.87. The van der Waals surface area contributed by atoms with Crippen LogP contribution in [0.3, 0.4) is 0 Å². The van der Waals surface area contributed by atoms with E-state index in [0.717, 1.165) is 32.6 Å². The molecule has 0 fully saturated rings. The van der Waals surface area contributed by atoms with Gasteiger partial charge in [0, 0.05) is 34.8 Å². The van der Waals surface area contributed by atoms with E-state index < -0.39 is 0 Å². The number of amides is 1. The Hall–Kier alpha value is -4.77. The molecule has 0 aromatic carbocycles. The van der Waals surface area contributed by atoms with Gasteiger partial charge in [-0.25, -0.2) is 9.97 Å². The summed E-state index contributed by atoms with van der Waals surface area (Å²) in [6, 6.07) is 9.38. The van der Waals surface area contributed by atoms with E-state index in [1.165, 1.54) is 11.3 Å². The summed E-state index contributed by atoms with van der Waals surface area (Å²) in [5.41, 5.74) is 6.36. The zero-order valence-electron chi connectivity index (χ0n) is 21.4. The standard InChI is InChI=1S/C28H24N8O2S/c1-14(2)8-24(38)31-17-9-16(10-29-11-17)19-4-5-20-26(32-19)27(36-35-20)28-33-21-13-30-12-18(25(21)34-28)23-7-6-22(39-23)15(3)37/h4-7,9-14H,8H2,1-3H3,(H,31,38)(H,33,34)(H,35,36). The average Bonchev–Trinajstić information content (AvgIpc) is 3.65. The highest BCUT2D eigenvalue weighted by atomic mass is 32.1. The lowest BCUT2D eigenvalue weighted by Crippen LogP contribution is -2.14. The highest BCUT2D eigenvalue weighted by Crippen LogP contribution is 2.34. The first-order valence-electron chi connectivity index (χ1n) is 12.4. The molecule has 194 valence electrons. The van der Waals surface area contributed by atoms with Crippen molar-refractivity contribution in [2.75, 3.05) is 5.32 Å². The van der Waals surface area contributed by atoms with Crippen LogP contribution < -0.4 is 5.32 Å². The van der Waals surface area contributed by atoms with Crippen LogP contribution in [0.15, 0.2) is 55.1 Å². The van der Waals surface area contributed by atoms with E-state index in [9.17, 15) is 9.59 Å². The van der Waals surface area contributed by atoms with Gasteiger partial charge in [-0.2, -0.15) is 5.10 Å². The number of nitrogens with zero attached hydrogens (tertiary/aromatic N) is 5. The van der Waals surface area contributed by atoms with Gasteiger partial charge in [0.25, 0.3) is 0 Å². The first-order valence-corrected chi connectivity index (χ1v) is 13.2. The summed E-state index contributed by atoms with van der Waals surface area (Å²) >= 11 is 1.42. The minimum absolute atomic E-state index is 0.0256. The summed E-state index contributed by atoms with van der Waals surface area (Å²) in [6.07, 6.45) is 7.23. The molecule has 6 aromatic heterocycles. The van der Waals surface area contributed by atoms with Crippen molar-refractivity contribution < 1.29 is 9.59 Å². The molecule has 0 unspecified atom stereocenters. The molecule has 3 N–H and O–H groups in total.